The topological polar surface area (TPSA) is 71.4 Å². The summed E-state index contributed by atoms with van der Waals surface area (Å²) in [6.07, 6.45) is 0.254. The molecule has 0 unspecified atom stereocenters. The fourth-order valence-electron chi connectivity index (χ4n) is 4.97. The van der Waals surface area contributed by atoms with Crippen molar-refractivity contribution in [2.45, 2.75) is 43.9 Å². The minimum Gasteiger partial charge on any atom is -0.471 e. The molecule has 2 aliphatic heterocycles. The van der Waals surface area contributed by atoms with Crippen molar-refractivity contribution in [3.63, 3.8) is 0 Å². The highest BCUT2D eigenvalue weighted by Gasteiger charge is 2.56. The van der Waals surface area contributed by atoms with Gasteiger partial charge in [0.15, 0.2) is 0 Å². The summed E-state index contributed by atoms with van der Waals surface area (Å²) in [4.78, 5) is 9.37. The lowest BCUT2D eigenvalue weighted by molar-refractivity contribution is -0.275. The molecule has 204 valence electrons. The van der Waals surface area contributed by atoms with Crippen LogP contribution >= 0.6 is 0 Å². The predicted octanol–water partition coefficient (Wildman–Crippen LogP) is 5.34. The Hall–Kier alpha value is -3.88. The molecule has 40 heavy (non-hydrogen) atoms. The van der Waals surface area contributed by atoms with Gasteiger partial charge in [0.05, 0.1) is 26.4 Å². The Morgan fingerprint density at radius 3 is 1.85 bits per heavy atom. The molecule has 3 aromatic carbocycles. The summed E-state index contributed by atoms with van der Waals surface area (Å²) >= 11 is 0. The first-order valence-electron chi connectivity index (χ1n) is 13.5. The zero-order valence-electron chi connectivity index (χ0n) is 22.2. The van der Waals surface area contributed by atoms with E-state index in [1.165, 1.54) is 0 Å². The van der Waals surface area contributed by atoms with Gasteiger partial charge in [-0.25, -0.2) is 4.99 Å². The summed E-state index contributed by atoms with van der Waals surface area (Å²) in [5.41, 5.74) is 2.72. The molecule has 7 nitrogen and oxygen atoms in total. The molecule has 0 saturated carbocycles. The number of aliphatic imine (C=N–C) groups is 1. The summed E-state index contributed by atoms with van der Waals surface area (Å²) < 4.78 is 32.3. The summed E-state index contributed by atoms with van der Waals surface area (Å²) in [5, 5.41) is 0. The number of benzene rings is 3. The second-order valence-corrected chi connectivity index (χ2v) is 9.89. The van der Waals surface area contributed by atoms with Crippen LogP contribution in [-0.2, 0) is 43.5 Å². The number of hydrogen-bond acceptors (Lipinski definition) is 7. The molecular weight excluding hydrogens is 504 g/mol. The monoisotopic (exact) mass is 536 g/mol. The van der Waals surface area contributed by atoms with Crippen molar-refractivity contribution in [3.05, 3.63) is 138 Å². The van der Waals surface area contributed by atoms with Crippen molar-refractivity contribution in [2.24, 2.45) is 4.99 Å². The molecule has 1 spiro atoms. The Morgan fingerprint density at radius 2 is 1.25 bits per heavy atom. The van der Waals surface area contributed by atoms with E-state index in [0.29, 0.717) is 31.4 Å². The van der Waals surface area contributed by atoms with Crippen molar-refractivity contribution >= 4 is 5.90 Å². The van der Waals surface area contributed by atoms with Gasteiger partial charge in [0, 0.05) is 6.20 Å². The summed E-state index contributed by atoms with van der Waals surface area (Å²) in [7, 11) is 0. The van der Waals surface area contributed by atoms with Gasteiger partial charge >= 0.3 is 0 Å². The number of nitrogens with zero attached hydrogens (tertiary/aromatic N) is 2. The zero-order chi connectivity index (χ0) is 27.0. The molecule has 1 fully saturated rings. The van der Waals surface area contributed by atoms with E-state index in [1.54, 1.807) is 6.20 Å². The van der Waals surface area contributed by atoms with Gasteiger partial charge in [0.2, 0.25) is 11.6 Å². The molecule has 7 heteroatoms. The Balaban J connectivity index is 1.31. The van der Waals surface area contributed by atoms with Gasteiger partial charge in [-0.05, 0) is 28.8 Å². The molecule has 3 heterocycles. The quantitative estimate of drug-likeness (QED) is 0.273. The first-order chi connectivity index (χ1) is 19.8. The Morgan fingerprint density at radius 1 is 0.675 bits per heavy atom. The maximum Gasteiger partial charge on any atom is 0.238 e. The Bertz CT molecular complexity index is 1370. The second kappa shape index (κ2) is 12.5. The predicted molar refractivity (Wildman–Crippen MR) is 150 cm³/mol. The van der Waals surface area contributed by atoms with Crippen LogP contribution in [0.15, 0.2) is 120 Å². The molecule has 2 aliphatic rings. The number of pyridine rings is 1. The zero-order valence-corrected chi connectivity index (χ0v) is 22.2. The first kappa shape index (κ1) is 26.3. The van der Waals surface area contributed by atoms with Gasteiger partial charge in [-0.1, -0.05) is 97.1 Å². The third-order valence-electron chi connectivity index (χ3n) is 7.06. The fraction of sp³-hybridized carbons (Fsp3) is 0.273. The van der Waals surface area contributed by atoms with Crippen LogP contribution in [-0.4, -0.2) is 48.1 Å². The third-order valence-corrected chi connectivity index (χ3v) is 7.06. The van der Waals surface area contributed by atoms with Crippen molar-refractivity contribution in [1.82, 2.24) is 4.98 Å². The first-order valence-corrected chi connectivity index (χ1v) is 13.5. The molecule has 0 amide bonds. The number of aromatic nitrogens is 1. The highest BCUT2D eigenvalue weighted by atomic mass is 16.6. The molecule has 0 N–H and O–H groups in total. The number of rotatable bonds is 10. The molecule has 6 rings (SSSR count). The summed E-state index contributed by atoms with van der Waals surface area (Å²) in [6.45, 7) is 1.66. The van der Waals surface area contributed by atoms with Gasteiger partial charge in [0.25, 0.3) is 0 Å². The van der Waals surface area contributed by atoms with Crippen molar-refractivity contribution < 1.29 is 23.7 Å². The van der Waals surface area contributed by atoms with E-state index in [4.69, 9.17) is 28.7 Å². The van der Waals surface area contributed by atoms with Crippen molar-refractivity contribution in [3.8, 4) is 0 Å². The SMILES string of the molecule is c1ccc(CO[C@@H]2[C@H](OCc3ccccc3)CO[C@]3(COC(c4ccccn4)=N3)[C@H]2OCc2ccccc2)cc1. The van der Waals surface area contributed by atoms with Crippen LogP contribution in [0.1, 0.15) is 22.4 Å². The van der Waals surface area contributed by atoms with Crippen LogP contribution in [0, 0.1) is 0 Å². The molecule has 1 aromatic heterocycles. The minimum atomic E-state index is -1.10. The number of hydrogen-bond donors (Lipinski definition) is 0. The largest absolute Gasteiger partial charge is 0.471 e. The number of ether oxygens (including phenoxy) is 5. The molecule has 0 aliphatic carbocycles. The lowest BCUT2D eigenvalue weighted by atomic mass is 9.94. The normalized spacial score (nSPS) is 24.0. The van der Waals surface area contributed by atoms with Gasteiger partial charge in [-0.2, -0.15) is 0 Å². The second-order valence-electron chi connectivity index (χ2n) is 9.89. The lowest BCUT2D eigenvalue weighted by Crippen LogP contribution is -2.63. The van der Waals surface area contributed by atoms with E-state index >= 15 is 0 Å². The molecule has 0 radical (unpaired) electrons. The minimum absolute atomic E-state index is 0.189. The molecule has 4 aromatic rings. The Labute approximate surface area is 234 Å². The van der Waals surface area contributed by atoms with Gasteiger partial charge in [-0.15, -0.1) is 0 Å². The molecule has 4 atom stereocenters. The average Bonchev–Trinajstić information content (AvgIpc) is 3.45. The smallest absolute Gasteiger partial charge is 0.238 e. The molecule has 1 saturated heterocycles. The van der Waals surface area contributed by atoms with E-state index in [-0.39, 0.29) is 19.3 Å². The van der Waals surface area contributed by atoms with Crippen LogP contribution in [0.25, 0.3) is 0 Å². The van der Waals surface area contributed by atoms with Crippen LogP contribution in [0.3, 0.4) is 0 Å². The van der Waals surface area contributed by atoms with Crippen LogP contribution in [0.4, 0.5) is 0 Å². The fourth-order valence-corrected chi connectivity index (χ4v) is 4.97. The van der Waals surface area contributed by atoms with E-state index < -0.39 is 17.9 Å². The van der Waals surface area contributed by atoms with Gasteiger partial charge in [0.1, 0.15) is 30.6 Å². The van der Waals surface area contributed by atoms with E-state index in [9.17, 15) is 0 Å². The summed E-state index contributed by atoms with van der Waals surface area (Å²) in [6, 6.07) is 35.9. The van der Waals surface area contributed by atoms with Crippen molar-refractivity contribution in [2.75, 3.05) is 13.2 Å². The maximum atomic E-state index is 6.64. The van der Waals surface area contributed by atoms with E-state index in [2.05, 4.69) is 4.98 Å². The van der Waals surface area contributed by atoms with E-state index in [0.717, 1.165) is 16.7 Å². The lowest BCUT2D eigenvalue weighted by Gasteiger charge is -2.45. The van der Waals surface area contributed by atoms with Gasteiger partial charge in [-0.3, -0.25) is 4.98 Å². The van der Waals surface area contributed by atoms with E-state index in [1.807, 2.05) is 109 Å². The van der Waals surface area contributed by atoms with Crippen LogP contribution in [0.5, 0.6) is 0 Å². The van der Waals surface area contributed by atoms with Crippen LogP contribution in [0.2, 0.25) is 0 Å². The van der Waals surface area contributed by atoms with Gasteiger partial charge < -0.3 is 23.7 Å². The highest BCUT2D eigenvalue weighted by molar-refractivity contribution is 5.93. The molecular formula is C33H32N2O5. The highest BCUT2D eigenvalue weighted by Crippen LogP contribution is 2.38. The average molecular weight is 537 g/mol. The van der Waals surface area contributed by atoms with Crippen LogP contribution < -0.4 is 0 Å². The Kier molecular flexibility index (Phi) is 8.25. The maximum absolute atomic E-state index is 6.64. The standard InChI is InChI=1S/C33H32N2O5/c1-4-12-25(13-5-1)20-36-29-23-40-33(24-39-32(35-33)28-18-10-11-19-34-28)31(38-22-27-16-8-3-9-17-27)30(29)37-21-26-14-6-2-7-15-26/h1-19,29-31H,20-24H2/t29-,30-,31+,33-/m1/s1. The summed E-state index contributed by atoms with van der Waals surface area (Å²) in [5.74, 6) is 0.430. The van der Waals surface area contributed by atoms with Crippen molar-refractivity contribution in [1.29, 1.82) is 0 Å². The third kappa shape index (κ3) is 6.13. The molecule has 0 bridgehead atoms.